The van der Waals surface area contributed by atoms with E-state index >= 15 is 0 Å². The summed E-state index contributed by atoms with van der Waals surface area (Å²) in [4.78, 5) is 9.70. The van der Waals surface area contributed by atoms with Crippen LogP contribution in [0.2, 0.25) is 5.02 Å². The highest BCUT2D eigenvalue weighted by molar-refractivity contribution is 6.32. The Labute approximate surface area is 86.5 Å². The number of halogens is 2. The average molecular weight is 220 g/mol. The summed E-state index contributed by atoms with van der Waals surface area (Å²) in [5, 5.41) is 0.123. The summed E-state index contributed by atoms with van der Waals surface area (Å²) in [5.41, 5.74) is 5.30. The summed E-state index contributed by atoms with van der Waals surface area (Å²) in [6.45, 7) is 3.58. The summed E-state index contributed by atoms with van der Waals surface area (Å²) in [5.74, 6) is -0.369. The monoisotopic (exact) mass is 219 g/mol. The molecular formula is C9H11ClFNO2. The van der Waals surface area contributed by atoms with Gasteiger partial charge in [0.25, 0.3) is 0 Å². The standard InChI is InChI=1S/C9H11ClFNO2/c1-5(2)13-14-9-4-8(12)7(11)3-6(9)10/h3-5H,12H2,1-2H3. The third kappa shape index (κ3) is 2.75. The average Bonchev–Trinajstić information content (AvgIpc) is 2.09. The molecule has 0 saturated heterocycles. The molecule has 0 aliphatic heterocycles. The first-order valence-corrected chi connectivity index (χ1v) is 4.46. The van der Waals surface area contributed by atoms with Crippen molar-refractivity contribution in [2.45, 2.75) is 20.0 Å². The van der Waals surface area contributed by atoms with E-state index in [1.54, 1.807) is 13.8 Å². The maximum absolute atomic E-state index is 12.9. The minimum Gasteiger partial charge on any atom is -0.396 e. The van der Waals surface area contributed by atoms with Crippen LogP contribution in [0.3, 0.4) is 0 Å². The molecule has 3 nitrogen and oxygen atoms in total. The van der Waals surface area contributed by atoms with Crippen molar-refractivity contribution in [2.75, 3.05) is 5.73 Å². The molecule has 0 heterocycles. The van der Waals surface area contributed by atoms with Gasteiger partial charge in [-0.25, -0.2) is 4.39 Å². The van der Waals surface area contributed by atoms with Gasteiger partial charge in [0.05, 0.1) is 16.8 Å². The maximum atomic E-state index is 12.9. The van der Waals surface area contributed by atoms with E-state index in [9.17, 15) is 4.39 Å². The predicted octanol–water partition coefficient (Wildman–Crippen LogP) is 2.78. The molecule has 0 bridgehead atoms. The molecule has 0 atom stereocenters. The molecule has 0 aliphatic carbocycles. The lowest BCUT2D eigenvalue weighted by molar-refractivity contribution is -0.234. The third-order valence-electron chi connectivity index (χ3n) is 1.38. The fourth-order valence-corrected chi connectivity index (χ4v) is 0.939. The van der Waals surface area contributed by atoms with Crippen molar-refractivity contribution in [3.63, 3.8) is 0 Å². The van der Waals surface area contributed by atoms with Gasteiger partial charge in [-0.1, -0.05) is 11.6 Å². The number of nitrogens with two attached hydrogens (primary N) is 1. The lowest BCUT2D eigenvalue weighted by Gasteiger charge is -2.09. The SMILES string of the molecule is CC(C)OOc1cc(N)c(F)cc1Cl. The van der Waals surface area contributed by atoms with Crippen molar-refractivity contribution >= 4 is 17.3 Å². The van der Waals surface area contributed by atoms with Gasteiger partial charge in [-0.05, 0) is 19.9 Å². The van der Waals surface area contributed by atoms with E-state index in [2.05, 4.69) is 0 Å². The summed E-state index contributed by atoms with van der Waals surface area (Å²) < 4.78 is 12.9. The normalized spacial score (nSPS) is 10.6. The molecule has 1 aromatic carbocycles. The van der Waals surface area contributed by atoms with Crippen LogP contribution in [0.15, 0.2) is 12.1 Å². The second-order valence-corrected chi connectivity index (χ2v) is 3.44. The molecule has 78 valence electrons. The number of rotatable bonds is 3. The molecule has 2 N–H and O–H groups in total. The second-order valence-electron chi connectivity index (χ2n) is 3.03. The molecule has 0 radical (unpaired) electrons. The van der Waals surface area contributed by atoms with Gasteiger partial charge in [0.2, 0.25) is 0 Å². The van der Waals surface area contributed by atoms with Gasteiger partial charge >= 0.3 is 0 Å². The first-order chi connectivity index (χ1) is 6.50. The van der Waals surface area contributed by atoms with Crippen molar-refractivity contribution < 1.29 is 14.2 Å². The Morgan fingerprint density at radius 3 is 2.64 bits per heavy atom. The van der Waals surface area contributed by atoms with Crippen LogP contribution in [-0.4, -0.2) is 6.10 Å². The second kappa shape index (κ2) is 4.48. The summed E-state index contributed by atoms with van der Waals surface area (Å²) >= 11 is 5.68. The largest absolute Gasteiger partial charge is 0.396 e. The fraction of sp³-hybridized carbons (Fsp3) is 0.333. The van der Waals surface area contributed by atoms with Crippen LogP contribution in [0.25, 0.3) is 0 Å². The fourth-order valence-electron chi connectivity index (χ4n) is 0.757. The molecular weight excluding hydrogens is 209 g/mol. The van der Waals surface area contributed by atoms with Gasteiger partial charge in [-0.15, -0.1) is 0 Å². The number of hydrogen-bond donors (Lipinski definition) is 1. The van der Waals surface area contributed by atoms with Gasteiger partial charge < -0.3 is 10.6 Å². The van der Waals surface area contributed by atoms with Gasteiger partial charge in [0, 0.05) is 6.07 Å². The van der Waals surface area contributed by atoms with E-state index in [1.165, 1.54) is 6.07 Å². The third-order valence-corrected chi connectivity index (χ3v) is 1.68. The quantitative estimate of drug-likeness (QED) is 0.483. The molecule has 0 aliphatic rings. The van der Waals surface area contributed by atoms with Crippen LogP contribution in [0.1, 0.15) is 13.8 Å². The molecule has 1 aromatic rings. The molecule has 1 rings (SSSR count). The minimum atomic E-state index is -0.577. The van der Waals surface area contributed by atoms with Crippen molar-refractivity contribution in [3.05, 3.63) is 23.0 Å². The van der Waals surface area contributed by atoms with Gasteiger partial charge in [0.15, 0.2) is 5.75 Å². The summed E-state index contributed by atoms with van der Waals surface area (Å²) in [6.07, 6.45) is -0.114. The van der Waals surface area contributed by atoms with Crippen molar-refractivity contribution in [1.82, 2.24) is 0 Å². The highest BCUT2D eigenvalue weighted by Gasteiger charge is 2.08. The van der Waals surface area contributed by atoms with Crippen molar-refractivity contribution in [2.24, 2.45) is 0 Å². The number of hydrogen-bond acceptors (Lipinski definition) is 3. The number of nitrogen functional groups attached to an aromatic ring is 1. The van der Waals surface area contributed by atoms with Gasteiger partial charge in [-0.3, -0.25) is 0 Å². The van der Waals surface area contributed by atoms with Gasteiger partial charge in [-0.2, -0.15) is 4.89 Å². The molecule has 0 amide bonds. The van der Waals surface area contributed by atoms with Crippen LogP contribution in [0, 0.1) is 5.82 Å². The topological polar surface area (TPSA) is 44.5 Å². The Bertz CT molecular complexity index is 331. The molecule has 5 heteroatoms. The highest BCUT2D eigenvalue weighted by Crippen LogP contribution is 2.29. The smallest absolute Gasteiger partial charge is 0.186 e. The summed E-state index contributed by atoms with van der Waals surface area (Å²) in [7, 11) is 0. The lowest BCUT2D eigenvalue weighted by Crippen LogP contribution is -2.06. The van der Waals surface area contributed by atoms with Crippen molar-refractivity contribution in [1.29, 1.82) is 0 Å². The Balaban J connectivity index is 2.82. The van der Waals surface area contributed by atoms with Crippen LogP contribution < -0.4 is 10.6 Å². The molecule has 0 aromatic heterocycles. The van der Waals surface area contributed by atoms with E-state index in [4.69, 9.17) is 27.1 Å². The molecule has 14 heavy (non-hydrogen) atoms. The van der Waals surface area contributed by atoms with Crippen LogP contribution in [0.4, 0.5) is 10.1 Å². The Hall–Kier alpha value is -1.00. The summed E-state index contributed by atoms with van der Waals surface area (Å²) in [6, 6.07) is 2.36. The minimum absolute atomic E-state index is 0.0308. The number of anilines is 1. The van der Waals surface area contributed by atoms with Crippen LogP contribution >= 0.6 is 11.6 Å². The van der Waals surface area contributed by atoms with E-state index in [0.717, 1.165) is 6.07 Å². The highest BCUT2D eigenvalue weighted by atomic mass is 35.5. The van der Waals surface area contributed by atoms with E-state index in [-0.39, 0.29) is 22.6 Å². The number of benzene rings is 1. The first kappa shape index (κ1) is 11.1. The van der Waals surface area contributed by atoms with E-state index < -0.39 is 5.82 Å². The van der Waals surface area contributed by atoms with E-state index in [0.29, 0.717) is 0 Å². The van der Waals surface area contributed by atoms with E-state index in [1.807, 2.05) is 0 Å². The zero-order valence-corrected chi connectivity index (χ0v) is 8.64. The molecule has 0 unspecified atom stereocenters. The molecule has 0 saturated carbocycles. The maximum Gasteiger partial charge on any atom is 0.186 e. The molecule has 0 spiro atoms. The zero-order chi connectivity index (χ0) is 10.7. The predicted molar refractivity (Wildman–Crippen MR) is 52.7 cm³/mol. The van der Waals surface area contributed by atoms with Crippen molar-refractivity contribution in [3.8, 4) is 5.75 Å². The first-order valence-electron chi connectivity index (χ1n) is 4.08. The Kier molecular flexibility index (Phi) is 3.55. The zero-order valence-electron chi connectivity index (χ0n) is 7.88. The van der Waals surface area contributed by atoms with Gasteiger partial charge in [0.1, 0.15) is 5.82 Å². The Morgan fingerprint density at radius 2 is 2.07 bits per heavy atom. The van der Waals surface area contributed by atoms with Crippen LogP contribution in [-0.2, 0) is 4.89 Å². The van der Waals surface area contributed by atoms with Crippen LogP contribution in [0.5, 0.6) is 5.75 Å². The molecule has 0 fully saturated rings. The lowest BCUT2D eigenvalue weighted by atomic mass is 10.3. The Morgan fingerprint density at radius 1 is 1.43 bits per heavy atom.